The van der Waals surface area contributed by atoms with Gasteiger partial charge < -0.3 is 10.1 Å². The Kier molecular flexibility index (Phi) is 5.00. The SMILES string of the molecule is Cc1cnc(Nc2ccc(S(=O)N3CCOCC3)cc2)nc1C. The van der Waals surface area contributed by atoms with Gasteiger partial charge in [-0.15, -0.1) is 0 Å². The third kappa shape index (κ3) is 3.93. The Balaban J connectivity index is 1.68. The van der Waals surface area contributed by atoms with Crippen LogP contribution in [0.1, 0.15) is 11.3 Å². The number of nitrogens with zero attached hydrogens (tertiary/aromatic N) is 3. The fourth-order valence-corrected chi connectivity index (χ4v) is 3.38. The van der Waals surface area contributed by atoms with E-state index >= 15 is 0 Å². The van der Waals surface area contributed by atoms with Crippen molar-refractivity contribution in [2.75, 3.05) is 31.6 Å². The molecule has 0 bridgehead atoms. The summed E-state index contributed by atoms with van der Waals surface area (Å²) in [6.07, 6.45) is 1.80. The normalized spacial score (nSPS) is 17.0. The van der Waals surface area contributed by atoms with Gasteiger partial charge in [-0.1, -0.05) is 0 Å². The monoisotopic (exact) mass is 332 g/mol. The number of aromatic nitrogens is 2. The summed E-state index contributed by atoms with van der Waals surface area (Å²) in [7, 11) is -1.14. The van der Waals surface area contributed by atoms with Gasteiger partial charge in [-0.2, -0.15) is 0 Å². The molecular weight excluding hydrogens is 312 g/mol. The molecule has 1 atom stereocenters. The molecule has 7 heteroatoms. The minimum absolute atomic E-state index is 0.565. The number of anilines is 2. The van der Waals surface area contributed by atoms with E-state index in [2.05, 4.69) is 15.3 Å². The minimum Gasteiger partial charge on any atom is -0.379 e. The zero-order chi connectivity index (χ0) is 16.2. The van der Waals surface area contributed by atoms with Crippen molar-refractivity contribution in [1.29, 1.82) is 0 Å². The number of aryl methyl sites for hydroxylation is 2. The molecule has 0 radical (unpaired) electrons. The van der Waals surface area contributed by atoms with Crippen LogP contribution in [0.3, 0.4) is 0 Å². The van der Waals surface area contributed by atoms with Gasteiger partial charge in [0, 0.05) is 30.7 Å². The maximum Gasteiger partial charge on any atom is 0.227 e. The first-order valence-electron chi connectivity index (χ1n) is 7.55. The molecule has 1 fully saturated rings. The lowest BCUT2D eigenvalue weighted by atomic mass is 10.3. The minimum atomic E-state index is -1.14. The highest BCUT2D eigenvalue weighted by atomic mass is 32.2. The van der Waals surface area contributed by atoms with E-state index in [1.807, 2.05) is 42.4 Å². The van der Waals surface area contributed by atoms with Crippen LogP contribution in [0.2, 0.25) is 0 Å². The fourth-order valence-electron chi connectivity index (χ4n) is 2.23. The van der Waals surface area contributed by atoms with Crippen LogP contribution >= 0.6 is 0 Å². The third-order valence-corrected chi connectivity index (χ3v) is 5.25. The van der Waals surface area contributed by atoms with E-state index in [0.717, 1.165) is 21.8 Å². The first-order chi connectivity index (χ1) is 11.1. The summed E-state index contributed by atoms with van der Waals surface area (Å²) in [5, 5.41) is 3.16. The van der Waals surface area contributed by atoms with Gasteiger partial charge in [0.05, 0.1) is 18.1 Å². The van der Waals surface area contributed by atoms with Crippen molar-refractivity contribution in [3.8, 4) is 0 Å². The van der Waals surface area contributed by atoms with E-state index in [-0.39, 0.29) is 0 Å². The molecule has 122 valence electrons. The van der Waals surface area contributed by atoms with Crippen molar-refractivity contribution in [2.24, 2.45) is 0 Å². The molecule has 0 amide bonds. The van der Waals surface area contributed by atoms with Gasteiger partial charge in [0.1, 0.15) is 11.0 Å². The maximum absolute atomic E-state index is 12.5. The average molecular weight is 332 g/mol. The summed E-state index contributed by atoms with van der Waals surface area (Å²) in [6, 6.07) is 7.53. The lowest BCUT2D eigenvalue weighted by Gasteiger charge is -2.25. The van der Waals surface area contributed by atoms with Crippen LogP contribution in [-0.4, -0.2) is 44.8 Å². The van der Waals surface area contributed by atoms with Crippen LogP contribution in [0.4, 0.5) is 11.6 Å². The molecule has 1 aliphatic heterocycles. The van der Waals surface area contributed by atoms with Gasteiger partial charge in [-0.3, -0.25) is 0 Å². The molecule has 2 heterocycles. The van der Waals surface area contributed by atoms with Crippen molar-refractivity contribution < 1.29 is 8.95 Å². The summed E-state index contributed by atoms with van der Waals surface area (Å²) in [6.45, 7) is 6.60. The molecule has 2 aromatic rings. The van der Waals surface area contributed by atoms with Crippen molar-refractivity contribution in [2.45, 2.75) is 18.7 Å². The molecule has 1 saturated heterocycles. The zero-order valence-corrected chi connectivity index (χ0v) is 14.1. The molecule has 0 spiro atoms. The van der Waals surface area contributed by atoms with Crippen molar-refractivity contribution >= 4 is 22.6 Å². The van der Waals surface area contributed by atoms with Gasteiger partial charge in [-0.25, -0.2) is 18.5 Å². The van der Waals surface area contributed by atoms with Crippen molar-refractivity contribution in [3.05, 3.63) is 41.7 Å². The highest BCUT2D eigenvalue weighted by Gasteiger charge is 2.18. The lowest BCUT2D eigenvalue weighted by molar-refractivity contribution is 0.0752. The Hall–Kier alpha value is -1.83. The van der Waals surface area contributed by atoms with Gasteiger partial charge in [0.2, 0.25) is 5.95 Å². The van der Waals surface area contributed by atoms with Gasteiger partial charge in [0.15, 0.2) is 0 Å². The van der Waals surface area contributed by atoms with Crippen LogP contribution in [0.25, 0.3) is 0 Å². The second kappa shape index (κ2) is 7.16. The van der Waals surface area contributed by atoms with E-state index in [4.69, 9.17) is 4.74 Å². The highest BCUT2D eigenvalue weighted by molar-refractivity contribution is 7.82. The summed E-state index contributed by atoms with van der Waals surface area (Å²) in [4.78, 5) is 9.45. The maximum atomic E-state index is 12.5. The number of ether oxygens (including phenoxy) is 1. The molecule has 1 aromatic carbocycles. The second-order valence-electron chi connectivity index (χ2n) is 5.40. The van der Waals surface area contributed by atoms with Crippen LogP contribution in [-0.2, 0) is 15.7 Å². The van der Waals surface area contributed by atoms with Gasteiger partial charge in [-0.05, 0) is 43.7 Å². The molecular formula is C16H20N4O2S. The number of hydrogen-bond acceptors (Lipinski definition) is 5. The summed E-state index contributed by atoms with van der Waals surface area (Å²) < 4.78 is 19.7. The predicted molar refractivity (Wildman–Crippen MR) is 90.0 cm³/mol. The lowest BCUT2D eigenvalue weighted by Crippen LogP contribution is -2.37. The number of benzene rings is 1. The third-order valence-electron chi connectivity index (χ3n) is 3.74. The Bertz CT molecular complexity index is 700. The van der Waals surface area contributed by atoms with Crippen molar-refractivity contribution in [1.82, 2.24) is 14.3 Å². The molecule has 1 aromatic heterocycles. The van der Waals surface area contributed by atoms with E-state index in [1.165, 1.54) is 0 Å². The molecule has 0 saturated carbocycles. The number of morpholine rings is 1. The van der Waals surface area contributed by atoms with E-state index < -0.39 is 11.0 Å². The average Bonchev–Trinajstić information content (AvgIpc) is 2.59. The first kappa shape index (κ1) is 16.0. The van der Waals surface area contributed by atoms with E-state index in [1.54, 1.807) is 6.20 Å². The fraction of sp³-hybridized carbons (Fsp3) is 0.375. The Morgan fingerprint density at radius 3 is 2.52 bits per heavy atom. The van der Waals surface area contributed by atoms with Crippen LogP contribution in [0.15, 0.2) is 35.4 Å². The number of nitrogens with one attached hydrogen (secondary N) is 1. The van der Waals surface area contributed by atoms with Crippen molar-refractivity contribution in [3.63, 3.8) is 0 Å². The van der Waals surface area contributed by atoms with Crippen LogP contribution < -0.4 is 5.32 Å². The van der Waals surface area contributed by atoms with E-state index in [0.29, 0.717) is 32.3 Å². The molecule has 6 nitrogen and oxygen atoms in total. The summed E-state index contributed by atoms with van der Waals surface area (Å²) >= 11 is 0. The Morgan fingerprint density at radius 2 is 1.87 bits per heavy atom. The van der Waals surface area contributed by atoms with Crippen LogP contribution in [0.5, 0.6) is 0 Å². The standard InChI is InChI=1S/C16H20N4O2S/c1-12-11-17-16(18-13(12)2)19-14-3-5-15(6-4-14)23(21)20-7-9-22-10-8-20/h3-6,11H,7-10H2,1-2H3,(H,17,18,19). The number of rotatable bonds is 4. The first-order valence-corrected chi connectivity index (χ1v) is 8.66. The highest BCUT2D eigenvalue weighted by Crippen LogP contribution is 2.18. The van der Waals surface area contributed by atoms with Gasteiger partial charge >= 0.3 is 0 Å². The summed E-state index contributed by atoms with van der Waals surface area (Å²) in [5.74, 6) is 0.565. The zero-order valence-electron chi connectivity index (χ0n) is 13.3. The molecule has 0 aliphatic carbocycles. The quantitative estimate of drug-likeness (QED) is 0.929. The molecule has 23 heavy (non-hydrogen) atoms. The Morgan fingerprint density at radius 1 is 1.17 bits per heavy atom. The Labute approximate surface area is 138 Å². The van der Waals surface area contributed by atoms with E-state index in [9.17, 15) is 4.21 Å². The number of hydrogen-bond donors (Lipinski definition) is 1. The van der Waals surface area contributed by atoms with Crippen LogP contribution in [0, 0.1) is 13.8 Å². The molecule has 1 N–H and O–H groups in total. The molecule has 1 unspecified atom stereocenters. The topological polar surface area (TPSA) is 67.4 Å². The predicted octanol–water partition coefficient (Wildman–Crippen LogP) is 2.19. The van der Waals surface area contributed by atoms with Gasteiger partial charge in [0.25, 0.3) is 0 Å². The smallest absolute Gasteiger partial charge is 0.227 e. The largest absolute Gasteiger partial charge is 0.379 e. The second-order valence-corrected chi connectivity index (χ2v) is 6.89. The molecule has 3 rings (SSSR count). The molecule has 1 aliphatic rings. The summed E-state index contributed by atoms with van der Waals surface area (Å²) in [5.41, 5.74) is 2.88.